The van der Waals surface area contributed by atoms with Gasteiger partial charge in [0.15, 0.2) is 23.1 Å². The maximum absolute atomic E-state index is 13.3. The van der Waals surface area contributed by atoms with Crippen LogP contribution in [0, 0.1) is 11.6 Å². The molecule has 2 aromatic carbocycles. The number of anilines is 1. The number of nitrogens with two attached hydrogens (primary N) is 1. The second-order valence-electron chi connectivity index (χ2n) is 3.19. The quantitative estimate of drug-likeness (QED) is 0.789. The van der Waals surface area contributed by atoms with Gasteiger partial charge < -0.3 is 10.5 Å². The Kier molecular flexibility index (Phi) is 2.72. The molecule has 0 aromatic heterocycles. The Morgan fingerprint density at radius 3 is 2.12 bits per heavy atom. The molecule has 0 radical (unpaired) electrons. The number of hydrogen-bond donors (Lipinski definition) is 1. The van der Waals surface area contributed by atoms with Crippen LogP contribution in [0.15, 0.2) is 42.5 Å². The lowest BCUT2D eigenvalue weighted by molar-refractivity contribution is 0.409. The normalized spacial score (nSPS) is 10.1. The zero-order chi connectivity index (χ0) is 11.5. The molecule has 0 saturated heterocycles. The molecule has 0 atom stereocenters. The van der Waals surface area contributed by atoms with Crippen LogP contribution in [0.3, 0.4) is 0 Å². The van der Waals surface area contributed by atoms with Crippen molar-refractivity contribution in [2.45, 2.75) is 0 Å². The van der Waals surface area contributed by atoms with Crippen molar-refractivity contribution in [1.82, 2.24) is 0 Å². The van der Waals surface area contributed by atoms with Crippen molar-refractivity contribution in [3.8, 4) is 11.5 Å². The average molecular weight is 221 g/mol. The molecule has 0 fully saturated rings. The standard InChI is InChI=1S/C12H9F2NO/c13-8-4-3-5-9(14)12(8)16-11-7-2-1-6-10(11)15/h1-7H,15H2. The highest BCUT2D eigenvalue weighted by Crippen LogP contribution is 2.30. The fourth-order valence-electron chi connectivity index (χ4n) is 1.26. The first-order chi connectivity index (χ1) is 7.68. The van der Waals surface area contributed by atoms with Gasteiger partial charge in [0, 0.05) is 0 Å². The number of para-hydroxylation sites is 3. The summed E-state index contributed by atoms with van der Waals surface area (Å²) in [6.45, 7) is 0. The van der Waals surface area contributed by atoms with Gasteiger partial charge in [-0.2, -0.15) is 0 Å². The number of nitrogen functional groups attached to an aromatic ring is 1. The lowest BCUT2D eigenvalue weighted by atomic mass is 10.3. The average Bonchev–Trinajstić information content (AvgIpc) is 2.26. The molecule has 0 aliphatic heterocycles. The van der Waals surface area contributed by atoms with E-state index in [1.807, 2.05) is 0 Å². The summed E-state index contributed by atoms with van der Waals surface area (Å²) in [6.07, 6.45) is 0. The van der Waals surface area contributed by atoms with Gasteiger partial charge in [0.1, 0.15) is 0 Å². The smallest absolute Gasteiger partial charge is 0.198 e. The van der Waals surface area contributed by atoms with E-state index in [-0.39, 0.29) is 5.75 Å². The SMILES string of the molecule is Nc1ccccc1Oc1c(F)cccc1F. The summed E-state index contributed by atoms with van der Waals surface area (Å²) in [7, 11) is 0. The second kappa shape index (κ2) is 4.18. The van der Waals surface area contributed by atoms with Gasteiger partial charge in [-0.05, 0) is 24.3 Å². The molecule has 0 spiro atoms. The fraction of sp³-hybridized carbons (Fsp3) is 0. The van der Waals surface area contributed by atoms with E-state index >= 15 is 0 Å². The van der Waals surface area contributed by atoms with Crippen molar-refractivity contribution in [2.75, 3.05) is 5.73 Å². The Hall–Kier alpha value is -2.10. The first-order valence-corrected chi connectivity index (χ1v) is 4.65. The molecule has 2 N–H and O–H groups in total. The molecular formula is C12H9F2NO. The summed E-state index contributed by atoms with van der Waals surface area (Å²) in [6, 6.07) is 10.0. The van der Waals surface area contributed by atoms with Crippen LogP contribution in [0.5, 0.6) is 11.5 Å². The molecule has 4 heteroatoms. The van der Waals surface area contributed by atoms with E-state index in [1.165, 1.54) is 6.07 Å². The molecule has 0 amide bonds. The van der Waals surface area contributed by atoms with Crippen LogP contribution in [0.2, 0.25) is 0 Å². The Balaban J connectivity index is 2.38. The summed E-state index contributed by atoms with van der Waals surface area (Å²) in [4.78, 5) is 0. The Labute approximate surface area is 91.3 Å². The second-order valence-corrected chi connectivity index (χ2v) is 3.19. The van der Waals surface area contributed by atoms with Crippen molar-refractivity contribution in [2.24, 2.45) is 0 Å². The molecule has 16 heavy (non-hydrogen) atoms. The molecule has 0 heterocycles. The van der Waals surface area contributed by atoms with Crippen LogP contribution in [-0.2, 0) is 0 Å². The van der Waals surface area contributed by atoms with Gasteiger partial charge in [0.2, 0.25) is 0 Å². The molecule has 82 valence electrons. The maximum atomic E-state index is 13.3. The third kappa shape index (κ3) is 1.95. The van der Waals surface area contributed by atoms with E-state index in [0.29, 0.717) is 5.69 Å². The Morgan fingerprint density at radius 2 is 1.50 bits per heavy atom. The molecule has 0 aliphatic carbocycles. The molecule has 0 bridgehead atoms. The number of hydrogen-bond acceptors (Lipinski definition) is 2. The van der Waals surface area contributed by atoms with Crippen LogP contribution >= 0.6 is 0 Å². The summed E-state index contributed by atoms with van der Waals surface area (Å²) in [5.74, 6) is -1.74. The highest BCUT2D eigenvalue weighted by Gasteiger charge is 2.11. The van der Waals surface area contributed by atoms with E-state index < -0.39 is 17.4 Å². The summed E-state index contributed by atoms with van der Waals surface area (Å²) in [5.41, 5.74) is 5.92. The first kappa shape index (κ1) is 10.4. The van der Waals surface area contributed by atoms with Crippen molar-refractivity contribution >= 4 is 5.69 Å². The predicted molar refractivity (Wildman–Crippen MR) is 57.3 cm³/mol. The highest BCUT2D eigenvalue weighted by molar-refractivity contribution is 5.53. The van der Waals surface area contributed by atoms with Crippen molar-refractivity contribution in [3.05, 3.63) is 54.1 Å². The molecule has 0 aliphatic rings. The minimum absolute atomic E-state index is 0.228. The van der Waals surface area contributed by atoms with Crippen molar-refractivity contribution < 1.29 is 13.5 Å². The third-order valence-electron chi connectivity index (χ3n) is 2.05. The van der Waals surface area contributed by atoms with E-state index in [2.05, 4.69) is 0 Å². The van der Waals surface area contributed by atoms with Crippen molar-refractivity contribution in [1.29, 1.82) is 0 Å². The number of rotatable bonds is 2. The first-order valence-electron chi connectivity index (χ1n) is 4.65. The van der Waals surface area contributed by atoms with Crippen LogP contribution in [0.25, 0.3) is 0 Å². The number of halogens is 2. The topological polar surface area (TPSA) is 35.2 Å². The summed E-state index contributed by atoms with van der Waals surface area (Å²) in [5, 5.41) is 0. The largest absolute Gasteiger partial charge is 0.449 e. The van der Waals surface area contributed by atoms with Gasteiger partial charge in [-0.25, -0.2) is 8.78 Å². The third-order valence-corrected chi connectivity index (χ3v) is 2.05. The molecular weight excluding hydrogens is 212 g/mol. The molecule has 0 saturated carbocycles. The Morgan fingerprint density at radius 1 is 0.875 bits per heavy atom. The van der Waals surface area contributed by atoms with Gasteiger partial charge in [-0.1, -0.05) is 18.2 Å². The zero-order valence-corrected chi connectivity index (χ0v) is 8.28. The van der Waals surface area contributed by atoms with E-state index in [4.69, 9.17) is 10.5 Å². The minimum Gasteiger partial charge on any atom is -0.449 e. The lowest BCUT2D eigenvalue weighted by Gasteiger charge is -2.09. The van der Waals surface area contributed by atoms with E-state index in [1.54, 1.807) is 24.3 Å². The van der Waals surface area contributed by atoms with E-state index in [0.717, 1.165) is 12.1 Å². The number of ether oxygens (including phenoxy) is 1. The van der Waals surface area contributed by atoms with E-state index in [9.17, 15) is 8.78 Å². The van der Waals surface area contributed by atoms with Crippen LogP contribution in [0.4, 0.5) is 14.5 Å². The lowest BCUT2D eigenvalue weighted by Crippen LogP contribution is -1.95. The molecule has 2 rings (SSSR count). The van der Waals surface area contributed by atoms with Crippen LogP contribution in [0.1, 0.15) is 0 Å². The van der Waals surface area contributed by atoms with Gasteiger partial charge in [-0.3, -0.25) is 0 Å². The maximum Gasteiger partial charge on any atom is 0.198 e. The minimum atomic E-state index is -0.761. The fourth-order valence-corrected chi connectivity index (χ4v) is 1.26. The predicted octanol–water partition coefficient (Wildman–Crippen LogP) is 3.34. The van der Waals surface area contributed by atoms with Gasteiger partial charge in [-0.15, -0.1) is 0 Å². The molecule has 0 unspecified atom stereocenters. The van der Waals surface area contributed by atoms with Gasteiger partial charge in [0.25, 0.3) is 0 Å². The zero-order valence-electron chi connectivity index (χ0n) is 8.28. The summed E-state index contributed by atoms with van der Waals surface area (Å²) < 4.78 is 31.6. The van der Waals surface area contributed by atoms with Crippen LogP contribution in [-0.4, -0.2) is 0 Å². The number of benzene rings is 2. The monoisotopic (exact) mass is 221 g/mol. The van der Waals surface area contributed by atoms with Crippen molar-refractivity contribution in [3.63, 3.8) is 0 Å². The molecule has 2 nitrogen and oxygen atoms in total. The molecule has 2 aromatic rings. The van der Waals surface area contributed by atoms with Gasteiger partial charge in [0.05, 0.1) is 5.69 Å². The van der Waals surface area contributed by atoms with Crippen LogP contribution < -0.4 is 10.5 Å². The highest BCUT2D eigenvalue weighted by atomic mass is 19.1. The van der Waals surface area contributed by atoms with Gasteiger partial charge >= 0.3 is 0 Å². The summed E-state index contributed by atoms with van der Waals surface area (Å²) >= 11 is 0. The Bertz CT molecular complexity index is 494.